The van der Waals surface area contributed by atoms with Crippen LogP contribution in [0.2, 0.25) is 0 Å². The van der Waals surface area contributed by atoms with E-state index in [-0.39, 0.29) is 17.9 Å². The van der Waals surface area contributed by atoms with E-state index in [1.54, 1.807) is 6.92 Å². The molecule has 0 N–H and O–H groups in total. The first kappa shape index (κ1) is 12.4. The zero-order valence-electron chi connectivity index (χ0n) is 9.36. The molecule has 0 aliphatic rings. The number of alkyl halides is 3. The summed E-state index contributed by atoms with van der Waals surface area (Å²) in [6, 6.07) is 2.12. The number of ether oxygens (including phenoxy) is 1. The molecule has 0 unspecified atom stereocenters. The highest BCUT2D eigenvalue weighted by molar-refractivity contribution is 5.88. The largest absolute Gasteiger partial charge is 0.461 e. The second-order valence-corrected chi connectivity index (χ2v) is 3.48. The summed E-state index contributed by atoms with van der Waals surface area (Å²) in [6.45, 7) is 1.76. The molecule has 2 heterocycles. The summed E-state index contributed by atoms with van der Waals surface area (Å²) in [6.07, 6.45) is -2.10. The average Bonchev–Trinajstić information content (AvgIpc) is 2.71. The van der Waals surface area contributed by atoms with Crippen molar-refractivity contribution in [3.8, 4) is 0 Å². The lowest BCUT2D eigenvalue weighted by atomic mass is 10.2. The number of nitrogens with zero attached hydrogens (tertiary/aromatic N) is 2. The molecule has 0 radical (unpaired) electrons. The minimum atomic E-state index is -4.51. The van der Waals surface area contributed by atoms with Crippen molar-refractivity contribution in [3.05, 3.63) is 35.8 Å². The zero-order valence-corrected chi connectivity index (χ0v) is 9.36. The highest BCUT2D eigenvalue weighted by Gasteiger charge is 2.34. The fourth-order valence-electron chi connectivity index (χ4n) is 1.59. The molecule has 2 rings (SSSR count). The molecule has 96 valence electrons. The second-order valence-electron chi connectivity index (χ2n) is 3.48. The van der Waals surface area contributed by atoms with Gasteiger partial charge in [0.1, 0.15) is 5.65 Å². The summed E-state index contributed by atoms with van der Waals surface area (Å²) in [5.74, 6) is -0.704. The van der Waals surface area contributed by atoms with Crippen LogP contribution in [-0.4, -0.2) is 22.0 Å². The van der Waals surface area contributed by atoms with E-state index < -0.39 is 17.7 Å². The van der Waals surface area contributed by atoms with Crippen molar-refractivity contribution in [3.63, 3.8) is 0 Å². The van der Waals surface area contributed by atoms with E-state index in [2.05, 4.69) is 4.98 Å². The number of hydrogen-bond donors (Lipinski definition) is 0. The Morgan fingerprint density at radius 2 is 2.22 bits per heavy atom. The van der Waals surface area contributed by atoms with Gasteiger partial charge in [-0.15, -0.1) is 0 Å². The van der Waals surface area contributed by atoms with Gasteiger partial charge in [0.25, 0.3) is 0 Å². The van der Waals surface area contributed by atoms with E-state index in [0.717, 1.165) is 16.7 Å². The smallest absolute Gasteiger partial charge is 0.419 e. The Morgan fingerprint density at radius 3 is 2.83 bits per heavy atom. The van der Waals surface area contributed by atoms with Crippen molar-refractivity contribution in [1.29, 1.82) is 0 Å². The number of aromatic nitrogens is 2. The number of halogens is 3. The monoisotopic (exact) mass is 258 g/mol. The normalized spacial score (nSPS) is 11.8. The molecule has 0 atom stereocenters. The average molecular weight is 258 g/mol. The summed E-state index contributed by atoms with van der Waals surface area (Å²) >= 11 is 0. The highest BCUT2D eigenvalue weighted by Crippen LogP contribution is 2.32. The maximum absolute atomic E-state index is 12.7. The number of carbonyl (C=O) groups is 1. The molecule has 4 nitrogen and oxygen atoms in total. The van der Waals surface area contributed by atoms with Gasteiger partial charge in [-0.3, -0.25) is 4.40 Å². The molecular formula is C11H9F3N2O2. The van der Waals surface area contributed by atoms with E-state index in [1.165, 1.54) is 12.3 Å². The molecule has 0 bridgehead atoms. The maximum atomic E-state index is 12.7. The van der Waals surface area contributed by atoms with Gasteiger partial charge in [0.2, 0.25) is 0 Å². The highest BCUT2D eigenvalue weighted by atomic mass is 19.4. The Hall–Kier alpha value is -2.05. The van der Waals surface area contributed by atoms with Crippen molar-refractivity contribution in [1.82, 2.24) is 9.38 Å². The number of pyridine rings is 1. The number of imidazole rings is 1. The lowest BCUT2D eigenvalue weighted by Crippen LogP contribution is -2.10. The number of esters is 1. The van der Waals surface area contributed by atoms with Gasteiger partial charge in [0.05, 0.1) is 18.4 Å². The molecule has 0 aliphatic heterocycles. The minimum absolute atomic E-state index is 0.0297. The fourth-order valence-corrected chi connectivity index (χ4v) is 1.59. The fraction of sp³-hybridized carbons (Fsp3) is 0.273. The molecule has 0 amide bonds. The quantitative estimate of drug-likeness (QED) is 0.777. The molecule has 0 saturated heterocycles. The first-order chi connectivity index (χ1) is 8.45. The number of hydrogen-bond acceptors (Lipinski definition) is 3. The topological polar surface area (TPSA) is 43.6 Å². The second kappa shape index (κ2) is 4.32. The Morgan fingerprint density at radius 1 is 1.50 bits per heavy atom. The van der Waals surface area contributed by atoms with E-state index in [4.69, 9.17) is 4.74 Å². The molecule has 2 aromatic heterocycles. The van der Waals surface area contributed by atoms with Crippen molar-refractivity contribution in [2.45, 2.75) is 13.1 Å². The summed E-state index contributed by atoms with van der Waals surface area (Å²) in [5.41, 5.74) is -1.23. The van der Waals surface area contributed by atoms with Gasteiger partial charge in [-0.05, 0) is 19.1 Å². The van der Waals surface area contributed by atoms with E-state index >= 15 is 0 Å². The lowest BCUT2D eigenvalue weighted by Gasteiger charge is -2.08. The number of rotatable bonds is 2. The van der Waals surface area contributed by atoms with E-state index in [1.807, 2.05) is 0 Å². The van der Waals surface area contributed by atoms with Crippen LogP contribution in [0, 0.1) is 0 Å². The van der Waals surface area contributed by atoms with Crippen molar-refractivity contribution < 1.29 is 22.7 Å². The molecule has 0 fully saturated rings. The third kappa shape index (κ3) is 2.03. The Kier molecular flexibility index (Phi) is 2.98. The third-order valence-corrected chi connectivity index (χ3v) is 2.33. The van der Waals surface area contributed by atoms with Crippen LogP contribution in [0.3, 0.4) is 0 Å². The van der Waals surface area contributed by atoms with Crippen LogP contribution < -0.4 is 0 Å². The molecule has 7 heteroatoms. The van der Waals surface area contributed by atoms with Crippen LogP contribution in [0.4, 0.5) is 13.2 Å². The minimum Gasteiger partial charge on any atom is -0.461 e. The van der Waals surface area contributed by atoms with Crippen LogP contribution in [0.15, 0.2) is 24.5 Å². The molecule has 0 aliphatic carbocycles. The lowest BCUT2D eigenvalue weighted by molar-refractivity contribution is -0.136. The van der Waals surface area contributed by atoms with Crippen molar-refractivity contribution >= 4 is 11.6 Å². The molecular weight excluding hydrogens is 249 g/mol. The van der Waals surface area contributed by atoms with Crippen LogP contribution in [0.5, 0.6) is 0 Å². The summed E-state index contributed by atoms with van der Waals surface area (Å²) in [5, 5.41) is 0. The van der Waals surface area contributed by atoms with Gasteiger partial charge >= 0.3 is 12.1 Å². The van der Waals surface area contributed by atoms with Gasteiger partial charge < -0.3 is 4.74 Å². The predicted molar refractivity (Wildman–Crippen MR) is 56.2 cm³/mol. The molecule has 0 aromatic carbocycles. The van der Waals surface area contributed by atoms with Crippen molar-refractivity contribution in [2.24, 2.45) is 0 Å². The van der Waals surface area contributed by atoms with Gasteiger partial charge in [-0.2, -0.15) is 13.2 Å². The van der Waals surface area contributed by atoms with Crippen molar-refractivity contribution in [2.75, 3.05) is 6.61 Å². The van der Waals surface area contributed by atoms with Gasteiger partial charge in [0, 0.05) is 6.20 Å². The van der Waals surface area contributed by atoms with Crippen LogP contribution in [0.1, 0.15) is 23.0 Å². The first-order valence-corrected chi connectivity index (χ1v) is 5.15. The zero-order chi connectivity index (χ0) is 13.3. The van der Waals surface area contributed by atoms with Crippen LogP contribution in [0.25, 0.3) is 5.65 Å². The summed E-state index contributed by atoms with van der Waals surface area (Å²) < 4.78 is 43.9. The van der Waals surface area contributed by atoms with Crippen LogP contribution in [-0.2, 0) is 10.9 Å². The molecule has 18 heavy (non-hydrogen) atoms. The van der Waals surface area contributed by atoms with Gasteiger partial charge in [-0.25, -0.2) is 9.78 Å². The molecule has 2 aromatic rings. The Labute approximate surface area is 100 Å². The molecule has 0 spiro atoms. The SMILES string of the molecule is CCOC(=O)c1cnc2c(C(F)(F)F)cccn12. The van der Waals surface area contributed by atoms with Gasteiger partial charge in [-0.1, -0.05) is 0 Å². The maximum Gasteiger partial charge on any atom is 0.419 e. The number of fused-ring (bicyclic) bond motifs is 1. The van der Waals surface area contributed by atoms with E-state index in [9.17, 15) is 18.0 Å². The first-order valence-electron chi connectivity index (χ1n) is 5.15. The summed E-state index contributed by atoms with van der Waals surface area (Å²) in [4.78, 5) is 15.1. The van der Waals surface area contributed by atoms with E-state index in [0.29, 0.717) is 0 Å². The standard InChI is InChI=1S/C11H9F3N2O2/c1-2-18-10(17)8-6-15-9-7(11(12,13)14)4-3-5-16(8)9/h3-6H,2H2,1H3. The summed E-state index contributed by atoms with van der Waals surface area (Å²) in [7, 11) is 0. The Balaban J connectivity index is 2.59. The molecule has 0 saturated carbocycles. The van der Waals surface area contributed by atoms with Gasteiger partial charge in [0.15, 0.2) is 5.69 Å². The predicted octanol–water partition coefficient (Wildman–Crippen LogP) is 2.53. The Bertz CT molecular complexity index is 589. The third-order valence-electron chi connectivity index (χ3n) is 2.33. The number of carbonyl (C=O) groups excluding carboxylic acids is 1. The van der Waals surface area contributed by atoms with Crippen LogP contribution >= 0.6 is 0 Å².